The van der Waals surface area contributed by atoms with Crippen molar-refractivity contribution in [2.24, 2.45) is 0 Å². The van der Waals surface area contributed by atoms with Gasteiger partial charge < -0.3 is 15.7 Å². The van der Waals surface area contributed by atoms with Gasteiger partial charge in [-0.2, -0.15) is 0 Å². The summed E-state index contributed by atoms with van der Waals surface area (Å²) in [6.45, 7) is 2.93. The number of hydrogen-bond acceptors (Lipinski definition) is 6. The van der Waals surface area contributed by atoms with Crippen LogP contribution in [0.5, 0.6) is 0 Å². The van der Waals surface area contributed by atoms with Gasteiger partial charge in [0.1, 0.15) is 6.23 Å². The van der Waals surface area contributed by atoms with Gasteiger partial charge in [0.05, 0.1) is 17.1 Å². The Labute approximate surface area is 195 Å². The van der Waals surface area contributed by atoms with Crippen molar-refractivity contribution in [3.63, 3.8) is 0 Å². The summed E-state index contributed by atoms with van der Waals surface area (Å²) in [5, 5.41) is 19.4. The molecule has 0 bridgehead atoms. The van der Waals surface area contributed by atoms with Crippen molar-refractivity contribution in [3.05, 3.63) is 71.9 Å². The summed E-state index contributed by atoms with van der Waals surface area (Å²) in [6.07, 6.45) is 3.99. The third-order valence-corrected chi connectivity index (χ3v) is 7.46. The molecule has 7 nitrogen and oxygen atoms in total. The van der Waals surface area contributed by atoms with E-state index in [1.54, 1.807) is 30.5 Å². The predicted molar refractivity (Wildman–Crippen MR) is 132 cm³/mol. The molecule has 1 saturated carbocycles. The number of rotatable bonds is 11. The van der Waals surface area contributed by atoms with E-state index in [4.69, 9.17) is 0 Å². The van der Waals surface area contributed by atoms with Gasteiger partial charge in [-0.3, -0.25) is 5.32 Å². The van der Waals surface area contributed by atoms with Crippen molar-refractivity contribution in [2.45, 2.75) is 49.9 Å². The Morgan fingerprint density at radius 2 is 1.91 bits per heavy atom. The van der Waals surface area contributed by atoms with Crippen molar-refractivity contribution in [1.82, 2.24) is 14.6 Å². The lowest BCUT2D eigenvalue weighted by Gasteiger charge is -2.16. The Balaban J connectivity index is 1.66. The number of aliphatic hydroxyl groups is 1. The average molecular weight is 469 g/mol. The lowest BCUT2D eigenvalue weighted by molar-refractivity contribution is 0.148. The molecule has 4 rings (SSSR count). The van der Waals surface area contributed by atoms with E-state index in [1.165, 1.54) is 3.97 Å². The first kappa shape index (κ1) is 23.5. The van der Waals surface area contributed by atoms with Crippen molar-refractivity contribution in [2.75, 3.05) is 18.9 Å². The van der Waals surface area contributed by atoms with Crippen molar-refractivity contribution >= 4 is 15.7 Å². The Bertz CT molecular complexity index is 1200. The van der Waals surface area contributed by atoms with Gasteiger partial charge in [0, 0.05) is 30.0 Å². The van der Waals surface area contributed by atoms with Gasteiger partial charge >= 0.3 is 0 Å². The highest BCUT2D eigenvalue weighted by molar-refractivity contribution is 7.90. The van der Waals surface area contributed by atoms with Gasteiger partial charge in [-0.05, 0) is 61.7 Å². The lowest BCUT2D eigenvalue weighted by atomic mass is 10.0. The molecule has 0 amide bonds. The van der Waals surface area contributed by atoms with Crippen LogP contribution in [0.25, 0.3) is 11.3 Å². The van der Waals surface area contributed by atoms with E-state index in [0.717, 1.165) is 36.0 Å². The minimum Gasteiger partial charge on any atom is -0.381 e. The smallest absolute Gasteiger partial charge is 0.268 e. The fourth-order valence-corrected chi connectivity index (χ4v) is 5.38. The summed E-state index contributed by atoms with van der Waals surface area (Å²) in [4.78, 5) is 0.193. The number of hydrogen-bond donors (Lipinski definition) is 4. The molecular formula is C25H32N4O3S. The normalized spacial score (nSPS) is 14.9. The van der Waals surface area contributed by atoms with Crippen LogP contribution in [-0.2, 0) is 23.0 Å². The monoisotopic (exact) mass is 468 g/mol. The summed E-state index contributed by atoms with van der Waals surface area (Å²) in [6, 6.07) is 17.0. The Morgan fingerprint density at radius 1 is 1.12 bits per heavy atom. The molecule has 1 fully saturated rings. The Morgan fingerprint density at radius 3 is 2.64 bits per heavy atom. The summed E-state index contributed by atoms with van der Waals surface area (Å²) >= 11 is 0. The zero-order valence-corrected chi connectivity index (χ0v) is 19.9. The van der Waals surface area contributed by atoms with Crippen LogP contribution < -0.4 is 16.0 Å². The fraction of sp³-hybridized carbons (Fsp3) is 0.360. The molecule has 33 heavy (non-hydrogen) atoms. The molecule has 0 aliphatic heterocycles. The topological polar surface area (TPSA) is 95.4 Å². The minimum absolute atomic E-state index is 0.193. The molecule has 3 aromatic rings. The second-order valence-corrected chi connectivity index (χ2v) is 10.3. The number of aromatic nitrogens is 1. The standard InChI is InChI=1S/C25H32N4O3S/c1-3-19-7-4-5-10-23(19)24-13-18(15-26-2)17-29(24)33(31,32)22-9-6-8-21(14-22)27-16-25(30)28-20-11-12-20/h4-10,13-14,17,20,25-28,30H,3,11-12,15-16H2,1-2H3. The minimum atomic E-state index is -3.84. The largest absolute Gasteiger partial charge is 0.381 e. The molecular weight excluding hydrogens is 436 g/mol. The van der Waals surface area contributed by atoms with E-state index in [-0.39, 0.29) is 4.90 Å². The predicted octanol–water partition coefficient (Wildman–Crippen LogP) is 3.16. The van der Waals surface area contributed by atoms with Gasteiger partial charge in [0.15, 0.2) is 0 Å². The van der Waals surface area contributed by atoms with E-state index >= 15 is 0 Å². The highest BCUT2D eigenvalue weighted by Crippen LogP contribution is 2.30. The van der Waals surface area contributed by atoms with E-state index in [9.17, 15) is 13.5 Å². The number of aliphatic hydroxyl groups excluding tert-OH is 1. The molecule has 0 saturated heterocycles. The SMILES string of the molecule is CCc1ccccc1-c1cc(CNC)cn1S(=O)(=O)c1cccc(NCC(O)NC2CC2)c1. The summed E-state index contributed by atoms with van der Waals surface area (Å²) in [5.74, 6) is 0. The Kier molecular flexibility index (Phi) is 7.19. The van der Waals surface area contributed by atoms with Gasteiger partial charge in [-0.25, -0.2) is 12.4 Å². The first-order valence-corrected chi connectivity index (χ1v) is 12.8. The van der Waals surface area contributed by atoms with E-state index in [0.29, 0.717) is 30.5 Å². The molecule has 1 atom stereocenters. The first-order valence-electron chi connectivity index (χ1n) is 11.4. The number of nitrogens with zero attached hydrogens (tertiary/aromatic N) is 1. The molecule has 8 heteroatoms. The molecule has 1 aliphatic rings. The van der Waals surface area contributed by atoms with Gasteiger partial charge in [-0.1, -0.05) is 37.3 Å². The number of benzene rings is 2. The van der Waals surface area contributed by atoms with Crippen LogP contribution in [0.15, 0.2) is 65.7 Å². The van der Waals surface area contributed by atoms with Crippen LogP contribution in [0, 0.1) is 0 Å². The zero-order valence-electron chi connectivity index (χ0n) is 19.1. The fourth-order valence-electron chi connectivity index (χ4n) is 3.95. The van der Waals surface area contributed by atoms with Crippen molar-refractivity contribution < 1.29 is 13.5 Å². The molecule has 1 aromatic heterocycles. The maximum Gasteiger partial charge on any atom is 0.268 e. The maximum atomic E-state index is 13.7. The summed E-state index contributed by atoms with van der Waals surface area (Å²) in [7, 11) is -2.00. The van der Waals surface area contributed by atoms with Gasteiger partial charge in [0.25, 0.3) is 10.0 Å². The quantitative estimate of drug-likeness (QED) is 0.323. The summed E-state index contributed by atoms with van der Waals surface area (Å²) in [5.41, 5.74) is 4.20. The third-order valence-electron chi connectivity index (χ3n) is 5.79. The molecule has 176 valence electrons. The van der Waals surface area contributed by atoms with Crippen molar-refractivity contribution in [3.8, 4) is 11.3 Å². The van der Waals surface area contributed by atoms with Crippen LogP contribution in [0.3, 0.4) is 0 Å². The summed E-state index contributed by atoms with van der Waals surface area (Å²) < 4.78 is 28.9. The third kappa shape index (κ3) is 5.47. The molecule has 2 aromatic carbocycles. The number of nitrogens with one attached hydrogen (secondary N) is 3. The van der Waals surface area contributed by atoms with Crippen LogP contribution >= 0.6 is 0 Å². The van der Waals surface area contributed by atoms with Crippen molar-refractivity contribution in [1.29, 1.82) is 0 Å². The molecule has 1 unspecified atom stereocenters. The zero-order chi connectivity index (χ0) is 23.4. The lowest BCUT2D eigenvalue weighted by Crippen LogP contribution is -2.36. The number of anilines is 1. The van der Waals surface area contributed by atoms with Crippen LogP contribution in [0.4, 0.5) is 5.69 Å². The van der Waals surface area contributed by atoms with Gasteiger partial charge in [-0.15, -0.1) is 0 Å². The van der Waals surface area contributed by atoms with Crippen LogP contribution in [0.2, 0.25) is 0 Å². The molecule has 1 heterocycles. The highest BCUT2D eigenvalue weighted by Gasteiger charge is 2.24. The van der Waals surface area contributed by atoms with Crippen LogP contribution in [-0.4, -0.2) is 43.4 Å². The van der Waals surface area contributed by atoms with E-state index in [2.05, 4.69) is 22.9 Å². The van der Waals surface area contributed by atoms with E-state index < -0.39 is 16.3 Å². The second-order valence-electron chi connectivity index (χ2n) is 8.44. The molecule has 0 spiro atoms. The second kappa shape index (κ2) is 10.1. The molecule has 4 N–H and O–H groups in total. The van der Waals surface area contributed by atoms with Crippen LogP contribution in [0.1, 0.15) is 30.9 Å². The first-order chi connectivity index (χ1) is 15.9. The number of aryl methyl sites for hydroxylation is 1. The maximum absolute atomic E-state index is 13.7. The Hall–Kier alpha value is -2.65. The molecule has 1 aliphatic carbocycles. The van der Waals surface area contributed by atoms with E-state index in [1.807, 2.05) is 37.4 Å². The van der Waals surface area contributed by atoms with Gasteiger partial charge in [0.2, 0.25) is 0 Å². The highest BCUT2D eigenvalue weighted by atomic mass is 32.2. The average Bonchev–Trinajstić information content (AvgIpc) is 3.53. The molecule has 0 radical (unpaired) electrons.